The zero-order valence-electron chi connectivity index (χ0n) is 10.6. The average Bonchev–Trinajstić information content (AvgIpc) is 2.43. The third kappa shape index (κ3) is 3.56. The monoisotopic (exact) mass is 258 g/mol. The van der Waals surface area contributed by atoms with E-state index in [4.69, 9.17) is 9.84 Å². The molecule has 0 fully saturated rings. The molecule has 0 aromatic carbocycles. The zero-order valence-corrected chi connectivity index (χ0v) is 10.6. The lowest BCUT2D eigenvalue weighted by atomic mass is 10.2. The van der Waals surface area contributed by atoms with Crippen LogP contribution in [0.25, 0.3) is 0 Å². The standard InChI is InChI=1S/C11H18N2O5/c1-11(2,3)18-10(17)12-7-6-8(15)13(4-5-14)9(7)16/h6,14-16H,4-5H2,1-3H3,(H,12,17). The second kappa shape index (κ2) is 5.18. The van der Waals surface area contributed by atoms with Crippen molar-refractivity contribution in [2.45, 2.75) is 32.9 Å². The molecule has 0 spiro atoms. The van der Waals surface area contributed by atoms with Crippen molar-refractivity contribution in [2.24, 2.45) is 0 Å². The van der Waals surface area contributed by atoms with Crippen molar-refractivity contribution >= 4 is 11.8 Å². The van der Waals surface area contributed by atoms with E-state index in [0.29, 0.717) is 0 Å². The molecule has 0 bridgehead atoms. The number of amides is 1. The highest BCUT2D eigenvalue weighted by Gasteiger charge is 2.20. The Morgan fingerprint density at radius 2 is 2.06 bits per heavy atom. The van der Waals surface area contributed by atoms with E-state index in [9.17, 15) is 15.0 Å². The van der Waals surface area contributed by atoms with Crippen LogP contribution in [0.15, 0.2) is 6.07 Å². The van der Waals surface area contributed by atoms with Crippen LogP contribution in [-0.2, 0) is 11.3 Å². The maximum absolute atomic E-state index is 11.5. The van der Waals surface area contributed by atoms with Crippen LogP contribution in [0.3, 0.4) is 0 Å². The summed E-state index contributed by atoms with van der Waals surface area (Å²) in [6, 6.07) is 1.18. The number of carbonyl (C=O) groups excluding carboxylic acids is 1. The predicted octanol–water partition coefficient (Wildman–Crippen LogP) is 1.24. The normalized spacial score (nSPS) is 11.3. The van der Waals surface area contributed by atoms with Crippen molar-refractivity contribution in [3.05, 3.63) is 6.07 Å². The molecule has 0 aliphatic rings. The summed E-state index contributed by atoms with van der Waals surface area (Å²) in [4.78, 5) is 11.5. The van der Waals surface area contributed by atoms with Crippen LogP contribution in [0.5, 0.6) is 11.8 Å². The fraction of sp³-hybridized carbons (Fsp3) is 0.545. The van der Waals surface area contributed by atoms with E-state index in [1.165, 1.54) is 6.07 Å². The lowest BCUT2D eigenvalue weighted by molar-refractivity contribution is 0.0635. The third-order valence-corrected chi connectivity index (χ3v) is 2.01. The summed E-state index contributed by atoms with van der Waals surface area (Å²) in [5.74, 6) is -0.597. The maximum Gasteiger partial charge on any atom is 0.412 e. The van der Waals surface area contributed by atoms with Crippen molar-refractivity contribution in [1.82, 2.24) is 4.57 Å². The number of nitrogens with one attached hydrogen (secondary N) is 1. The largest absolute Gasteiger partial charge is 0.494 e. The van der Waals surface area contributed by atoms with Crippen molar-refractivity contribution < 1.29 is 24.9 Å². The third-order valence-electron chi connectivity index (χ3n) is 2.01. The number of ether oxygens (including phenoxy) is 1. The molecule has 4 N–H and O–H groups in total. The van der Waals surface area contributed by atoms with E-state index in [2.05, 4.69) is 5.32 Å². The fourth-order valence-corrected chi connectivity index (χ4v) is 1.35. The van der Waals surface area contributed by atoms with E-state index in [1.807, 2.05) is 0 Å². The molecule has 18 heavy (non-hydrogen) atoms. The van der Waals surface area contributed by atoms with Gasteiger partial charge in [-0.05, 0) is 20.8 Å². The SMILES string of the molecule is CC(C)(C)OC(=O)Nc1cc(O)n(CCO)c1O. The highest BCUT2D eigenvalue weighted by atomic mass is 16.6. The van der Waals surface area contributed by atoms with Gasteiger partial charge >= 0.3 is 6.09 Å². The van der Waals surface area contributed by atoms with Gasteiger partial charge in [0.1, 0.15) is 11.3 Å². The number of nitrogens with zero attached hydrogens (tertiary/aromatic N) is 1. The van der Waals surface area contributed by atoms with Gasteiger partial charge in [0.25, 0.3) is 0 Å². The minimum atomic E-state index is -0.737. The first-order chi connectivity index (χ1) is 8.24. The van der Waals surface area contributed by atoms with Gasteiger partial charge in [-0.3, -0.25) is 9.88 Å². The molecular weight excluding hydrogens is 240 g/mol. The summed E-state index contributed by atoms with van der Waals surface area (Å²) in [5.41, 5.74) is -0.634. The van der Waals surface area contributed by atoms with Gasteiger partial charge in [0.05, 0.1) is 13.2 Å². The number of hydrogen-bond acceptors (Lipinski definition) is 5. The molecule has 0 radical (unpaired) electrons. The van der Waals surface area contributed by atoms with Gasteiger partial charge in [-0.25, -0.2) is 4.79 Å². The van der Waals surface area contributed by atoms with Crippen LogP contribution >= 0.6 is 0 Å². The number of aromatic nitrogens is 1. The van der Waals surface area contributed by atoms with Crippen molar-refractivity contribution in [1.29, 1.82) is 0 Å². The molecule has 0 aliphatic heterocycles. The molecule has 0 unspecified atom stereocenters. The van der Waals surface area contributed by atoms with E-state index in [1.54, 1.807) is 20.8 Å². The Labute approximate surface area is 105 Å². The lowest BCUT2D eigenvalue weighted by Gasteiger charge is -2.19. The molecule has 102 valence electrons. The minimum Gasteiger partial charge on any atom is -0.494 e. The molecule has 1 aromatic heterocycles. The first-order valence-electron chi connectivity index (χ1n) is 5.47. The Morgan fingerprint density at radius 3 is 2.56 bits per heavy atom. The maximum atomic E-state index is 11.5. The van der Waals surface area contributed by atoms with Crippen LogP contribution in [0.2, 0.25) is 0 Å². The van der Waals surface area contributed by atoms with Gasteiger partial charge in [-0.2, -0.15) is 0 Å². The second-order valence-corrected chi connectivity index (χ2v) is 4.74. The number of rotatable bonds is 3. The Morgan fingerprint density at radius 1 is 1.44 bits per heavy atom. The highest BCUT2D eigenvalue weighted by Crippen LogP contribution is 2.32. The summed E-state index contributed by atoms with van der Waals surface area (Å²) >= 11 is 0. The van der Waals surface area contributed by atoms with Crippen molar-refractivity contribution in [3.8, 4) is 11.8 Å². The van der Waals surface area contributed by atoms with E-state index in [0.717, 1.165) is 4.57 Å². The molecule has 0 saturated heterocycles. The number of aliphatic hydroxyl groups excluding tert-OH is 1. The van der Waals surface area contributed by atoms with Gasteiger partial charge < -0.3 is 20.1 Å². The first kappa shape index (κ1) is 14.2. The average molecular weight is 258 g/mol. The van der Waals surface area contributed by atoms with Gasteiger partial charge in [0.15, 0.2) is 5.88 Å². The van der Waals surface area contributed by atoms with Crippen LogP contribution in [-0.4, -0.2) is 38.2 Å². The van der Waals surface area contributed by atoms with E-state index in [-0.39, 0.29) is 30.6 Å². The Hall–Kier alpha value is -1.89. The number of aliphatic hydroxyl groups is 1. The number of aromatic hydroxyl groups is 2. The first-order valence-corrected chi connectivity index (χ1v) is 5.47. The summed E-state index contributed by atoms with van der Waals surface area (Å²) in [6.07, 6.45) is -0.737. The van der Waals surface area contributed by atoms with E-state index >= 15 is 0 Å². The molecule has 1 heterocycles. The summed E-state index contributed by atoms with van der Waals surface area (Å²) in [6.45, 7) is 4.90. The fourth-order valence-electron chi connectivity index (χ4n) is 1.35. The number of carbonyl (C=O) groups is 1. The number of anilines is 1. The summed E-state index contributed by atoms with van der Waals surface area (Å²) in [5, 5.41) is 30.3. The molecule has 1 amide bonds. The van der Waals surface area contributed by atoms with Gasteiger partial charge in [0.2, 0.25) is 5.88 Å². The quantitative estimate of drug-likeness (QED) is 0.653. The second-order valence-electron chi connectivity index (χ2n) is 4.74. The Kier molecular flexibility index (Phi) is 4.07. The molecule has 0 saturated carbocycles. The van der Waals surface area contributed by atoms with E-state index < -0.39 is 11.7 Å². The smallest absolute Gasteiger partial charge is 0.412 e. The van der Waals surface area contributed by atoms with Crippen LogP contribution in [0, 0.1) is 0 Å². The molecule has 1 rings (SSSR count). The molecule has 7 heteroatoms. The summed E-state index contributed by atoms with van der Waals surface area (Å²) in [7, 11) is 0. The Bertz CT molecular complexity index is 433. The van der Waals surface area contributed by atoms with Crippen LogP contribution < -0.4 is 5.32 Å². The van der Waals surface area contributed by atoms with Crippen molar-refractivity contribution in [3.63, 3.8) is 0 Å². The van der Waals surface area contributed by atoms with Gasteiger partial charge in [-0.1, -0.05) is 0 Å². The molecule has 0 aliphatic carbocycles. The van der Waals surface area contributed by atoms with Crippen molar-refractivity contribution in [2.75, 3.05) is 11.9 Å². The Balaban J connectivity index is 2.80. The zero-order chi connectivity index (χ0) is 13.9. The van der Waals surface area contributed by atoms with Crippen LogP contribution in [0.1, 0.15) is 20.8 Å². The highest BCUT2D eigenvalue weighted by molar-refractivity contribution is 5.87. The minimum absolute atomic E-state index is 0.0215. The lowest BCUT2D eigenvalue weighted by Crippen LogP contribution is -2.27. The molecule has 1 aromatic rings. The van der Waals surface area contributed by atoms with Gasteiger partial charge in [-0.15, -0.1) is 0 Å². The van der Waals surface area contributed by atoms with Gasteiger partial charge in [0, 0.05) is 6.07 Å². The number of hydrogen-bond donors (Lipinski definition) is 4. The molecule has 0 atom stereocenters. The summed E-state index contributed by atoms with van der Waals surface area (Å²) < 4.78 is 6.07. The molecule has 7 nitrogen and oxygen atoms in total. The predicted molar refractivity (Wildman–Crippen MR) is 64.7 cm³/mol. The molecular formula is C11H18N2O5. The topological polar surface area (TPSA) is 104 Å². The van der Waals surface area contributed by atoms with Crippen LogP contribution in [0.4, 0.5) is 10.5 Å².